The Hall–Kier alpha value is -2.91. The van der Waals surface area contributed by atoms with Crippen LogP contribution >= 0.6 is 11.3 Å². The van der Waals surface area contributed by atoms with Crippen LogP contribution in [0, 0.1) is 0 Å². The number of hydrogen-bond donors (Lipinski definition) is 1. The molecule has 4 rings (SSSR count). The number of methoxy groups -OCH3 is 2. The molecule has 0 bridgehead atoms. The molecule has 2 aromatic heterocycles. The van der Waals surface area contributed by atoms with Crippen molar-refractivity contribution in [3.8, 4) is 22.9 Å². The van der Waals surface area contributed by atoms with Gasteiger partial charge in [0.2, 0.25) is 17.6 Å². The van der Waals surface area contributed by atoms with Crippen LogP contribution in [-0.2, 0) is 11.2 Å². The number of ether oxygens (including phenoxy) is 2. The third-order valence-electron chi connectivity index (χ3n) is 5.08. The van der Waals surface area contributed by atoms with E-state index in [1.54, 1.807) is 25.6 Å². The topological polar surface area (TPSA) is 89.7 Å². The second-order valence-electron chi connectivity index (χ2n) is 7.15. The first kappa shape index (κ1) is 20.4. The van der Waals surface area contributed by atoms with Gasteiger partial charge in [0, 0.05) is 30.6 Å². The van der Waals surface area contributed by atoms with E-state index in [-0.39, 0.29) is 11.8 Å². The fraction of sp³-hybridized carbons (Fsp3) is 0.381. The van der Waals surface area contributed by atoms with Gasteiger partial charge in [0.1, 0.15) is 0 Å². The zero-order valence-corrected chi connectivity index (χ0v) is 17.8. The van der Waals surface area contributed by atoms with Gasteiger partial charge in [-0.15, -0.1) is 0 Å². The normalized spacial score (nSPS) is 14.3. The molecule has 1 aliphatic rings. The highest BCUT2D eigenvalue weighted by molar-refractivity contribution is 7.08. The Morgan fingerprint density at radius 3 is 2.83 bits per heavy atom. The summed E-state index contributed by atoms with van der Waals surface area (Å²) in [6.45, 7) is 2.43. The molecule has 0 radical (unpaired) electrons. The summed E-state index contributed by atoms with van der Waals surface area (Å²) in [7, 11) is 3.22. The first-order valence-electron chi connectivity index (χ1n) is 9.72. The number of nitrogens with one attached hydrogen (secondary N) is 1. The highest BCUT2D eigenvalue weighted by atomic mass is 32.1. The maximum atomic E-state index is 12.2. The molecular weight excluding hydrogens is 404 g/mol. The van der Waals surface area contributed by atoms with Crippen molar-refractivity contribution in [2.75, 3.05) is 40.4 Å². The Labute approximate surface area is 178 Å². The molecule has 3 aromatic rings. The Balaban J connectivity index is 1.18. The number of rotatable bonds is 9. The van der Waals surface area contributed by atoms with Crippen LogP contribution in [0.1, 0.15) is 17.4 Å². The number of thiophene rings is 1. The number of hydrogen-bond acceptors (Lipinski definition) is 8. The van der Waals surface area contributed by atoms with Crippen molar-refractivity contribution in [3.63, 3.8) is 0 Å². The van der Waals surface area contributed by atoms with Crippen LogP contribution in [0.2, 0.25) is 0 Å². The van der Waals surface area contributed by atoms with Gasteiger partial charge in [0.05, 0.1) is 26.7 Å². The summed E-state index contributed by atoms with van der Waals surface area (Å²) in [6.07, 6.45) is 0.724. The van der Waals surface area contributed by atoms with E-state index >= 15 is 0 Å². The lowest BCUT2D eigenvalue weighted by atomic mass is 10.0. The monoisotopic (exact) mass is 428 g/mol. The smallest absolute Gasteiger partial charge is 0.234 e. The van der Waals surface area contributed by atoms with E-state index in [1.807, 2.05) is 35.0 Å². The summed E-state index contributed by atoms with van der Waals surface area (Å²) in [6, 6.07) is 7.75. The Morgan fingerprint density at radius 1 is 1.27 bits per heavy atom. The molecule has 1 saturated heterocycles. The van der Waals surface area contributed by atoms with Gasteiger partial charge in [0.15, 0.2) is 11.5 Å². The van der Waals surface area contributed by atoms with Crippen LogP contribution < -0.4 is 14.8 Å². The van der Waals surface area contributed by atoms with E-state index in [9.17, 15) is 4.79 Å². The molecule has 1 amide bonds. The summed E-state index contributed by atoms with van der Waals surface area (Å²) in [5.41, 5.74) is 2.05. The van der Waals surface area contributed by atoms with E-state index in [4.69, 9.17) is 14.0 Å². The number of amides is 1. The van der Waals surface area contributed by atoms with E-state index < -0.39 is 0 Å². The quantitative estimate of drug-likeness (QED) is 0.560. The summed E-state index contributed by atoms with van der Waals surface area (Å²) in [5, 5.41) is 11.0. The molecule has 158 valence electrons. The van der Waals surface area contributed by atoms with E-state index in [0.717, 1.165) is 30.6 Å². The van der Waals surface area contributed by atoms with Crippen LogP contribution in [0.5, 0.6) is 11.5 Å². The molecule has 0 atom stereocenters. The summed E-state index contributed by atoms with van der Waals surface area (Å²) < 4.78 is 15.9. The molecule has 1 aliphatic heterocycles. The van der Waals surface area contributed by atoms with Gasteiger partial charge in [-0.2, -0.15) is 16.3 Å². The van der Waals surface area contributed by atoms with E-state index in [0.29, 0.717) is 36.3 Å². The van der Waals surface area contributed by atoms with Gasteiger partial charge in [-0.1, -0.05) is 11.2 Å². The molecular formula is C21H24N4O4S. The predicted molar refractivity (Wildman–Crippen MR) is 113 cm³/mol. The zero-order valence-electron chi connectivity index (χ0n) is 17.0. The van der Waals surface area contributed by atoms with Crippen molar-refractivity contribution in [3.05, 3.63) is 46.5 Å². The van der Waals surface area contributed by atoms with Gasteiger partial charge in [0.25, 0.3) is 0 Å². The fourth-order valence-electron chi connectivity index (χ4n) is 3.41. The first-order valence-corrected chi connectivity index (χ1v) is 10.7. The number of benzene rings is 1. The van der Waals surface area contributed by atoms with Crippen molar-refractivity contribution in [1.82, 2.24) is 20.4 Å². The van der Waals surface area contributed by atoms with Crippen LogP contribution in [0.4, 0.5) is 0 Å². The van der Waals surface area contributed by atoms with Gasteiger partial charge < -0.3 is 19.3 Å². The largest absolute Gasteiger partial charge is 0.493 e. The lowest BCUT2D eigenvalue weighted by Crippen LogP contribution is -2.49. The summed E-state index contributed by atoms with van der Waals surface area (Å²) in [5.74, 6) is 2.85. The number of carbonyl (C=O) groups excluding carboxylic acids is 1. The minimum atomic E-state index is 0.0124. The predicted octanol–water partition coefficient (Wildman–Crippen LogP) is 2.57. The molecule has 0 aliphatic carbocycles. The van der Waals surface area contributed by atoms with Crippen molar-refractivity contribution < 1.29 is 18.8 Å². The van der Waals surface area contributed by atoms with Gasteiger partial charge >= 0.3 is 0 Å². The molecule has 0 unspecified atom stereocenters. The van der Waals surface area contributed by atoms with Gasteiger partial charge in [-0.05, 0) is 35.6 Å². The van der Waals surface area contributed by atoms with Crippen molar-refractivity contribution in [2.24, 2.45) is 0 Å². The summed E-state index contributed by atoms with van der Waals surface area (Å²) >= 11 is 1.60. The number of likely N-dealkylation sites (tertiary alicyclic amines) is 1. The molecule has 8 nitrogen and oxygen atoms in total. The van der Waals surface area contributed by atoms with Crippen LogP contribution in [0.15, 0.2) is 39.5 Å². The second-order valence-corrected chi connectivity index (χ2v) is 7.93. The molecule has 1 aromatic carbocycles. The highest BCUT2D eigenvalue weighted by Crippen LogP contribution is 2.28. The maximum Gasteiger partial charge on any atom is 0.234 e. The van der Waals surface area contributed by atoms with Gasteiger partial charge in [-0.3, -0.25) is 9.69 Å². The first-order chi connectivity index (χ1) is 14.7. The minimum Gasteiger partial charge on any atom is -0.493 e. The second kappa shape index (κ2) is 9.27. The lowest BCUT2D eigenvalue weighted by Gasteiger charge is -2.36. The molecule has 1 fully saturated rings. The zero-order chi connectivity index (χ0) is 20.9. The molecule has 0 saturated carbocycles. The van der Waals surface area contributed by atoms with Crippen LogP contribution in [-0.4, -0.2) is 61.3 Å². The minimum absolute atomic E-state index is 0.0124. The highest BCUT2D eigenvalue weighted by Gasteiger charge is 2.33. The summed E-state index contributed by atoms with van der Waals surface area (Å²) in [4.78, 5) is 18.8. The molecule has 30 heavy (non-hydrogen) atoms. The van der Waals surface area contributed by atoms with E-state index in [1.165, 1.54) is 0 Å². The SMILES string of the molecule is COc1ccc(CCNC(=O)CN2CC(c3nc(-c4ccsc4)no3)C2)cc1OC. The van der Waals surface area contributed by atoms with Gasteiger partial charge in [-0.25, -0.2) is 0 Å². The Kier molecular flexibility index (Phi) is 6.29. The number of carbonyl (C=O) groups is 1. The molecule has 0 spiro atoms. The third-order valence-corrected chi connectivity index (χ3v) is 5.76. The van der Waals surface area contributed by atoms with E-state index in [2.05, 4.69) is 20.4 Å². The molecule has 1 N–H and O–H groups in total. The van der Waals surface area contributed by atoms with Crippen molar-refractivity contribution in [2.45, 2.75) is 12.3 Å². The Bertz CT molecular complexity index is 983. The fourth-order valence-corrected chi connectivity index (χ4v) is 4.04. The average molecular weight is 429 g/mol. The van der Waals surface area contributed by atoms with Crippen LogP contribution in [0.25, 0.3) is 11.4 Å². The van der Waals surface area contributed by atoms with Crippen molar-refractivity contribution >= 4 is 17.2 Å². The lowest BCUT2D eigenvalue weighted by molar-refractivity contribution is -0.123. The average Bonchev–Trinajstić information content (AvgIpc) is 3.42. The molecule has 9 heteroatoms. The van der Waals surface area contributed by atoms with Crippen molar-refractivity contribution in [1.29, 1.82) is 0 Å². The van der Waals surface area contributed by atoms with Crippen LogP contribution in [0.3, 0.4) is 0 Å². The Morgan fingerprint density at radius 2 is 2.10 bits per heavy atom. The maximum absolute atomic E-state index is 12.2. The number of aromatic nitrogens is 2. The third kappa shape index (κ3) is 4.63. The molecule has 3 heterocycles. The standard InChI is InChI=1S/C21H24N4O4S/c1-27-17-4-3-14(9-18(17)28-2)5-7-22-19(26)12-25-10-16(11-25)21-23-20(24-29-21)15-6-8-30-13-15/h3-4,6,8-9,13,16H,5,7,10-12H2,1-2H3,(H,22,26). The number of nitrogens with zero attached hydrogens (tertiary/aromatic N) is 3.